The number of fused-ring (bicyclic) bond motifs is 1. The fraction of sp³-hybridized carbons (Fsp3) is 0.294. The molecule has 0 spiro atoms. The fourth-order valence-electron chi connectivity index (χ4n) is 2.21. The Hall–Kier alpha value is -2.39. The molecular weight excluding hydrogens is 374 g/mol. The molecule has 26 heavy (non-hydrogen) atoms. The quantitative estimate of drug-likeness (QED) is 0.374. The lowest BCUT2D eigenvalue weighted by Gasteiger charge is -2.07. The van der Waals surface area contributed by atoms with Crippen LogP contribution in [-0.2, 0) is 4.79 Å². The first-order valence-corrected chi connectivity index (χ1v) is 9.79. The Morgan fingerprint density at radius 2 is 2.19 bits per heavy atom. The van der Waals surface area contributed by atoms with Crippen molar-refractivity contribution in [2.24, 2.45) is 0 Å². The number of benzene rings is 1. The number of anilines is 1. The Morgan fingerprint density at radius 3 is 3.00 bits per heavy atom. The van der Waals surface area contributed by atoms with Gasteiger partial charge in [-0.05, 0) is 31.0 Å². The molecule has 1 N–H and O–H groups in total. The number of carbonyl (C=O) groups is 1. The number of hydrogen-bond donors (Lipinski definition) is 1. The monoisotopic (exact) mass is 391 g/mol. The molecule has 1 amide bonds. The normalized spacial score (nSPS) is 10.8. The third-order valence-corrected chi connectivity index (χ3v) is 5.55. The zero-order valence-corrected chi connectivity index (χ0v) is 15.9. The van der Waals surface area contributed by atoms with Gasteiger partial charge in [0, 0.05) is 23.3 Å². The van der Waals surface area contributed by atoms with E-state index in [1.807, 2.05) is 6.92 Å². The number of amides is 1. The van der Waals surface area contributed by atoms with Crippen molar-refractivity contribution in [2.45, 2.75) is 24.6 Å². The van der Waals surface area contributed by atoms with Crippen LogP contribution in [0, 0.1) is 6.92 Å². The third-order valence-electron chi connectivity index (χ3n) is 3.38. The molecule has 3 aromatic rings. The van der Waals surface area contributed by atoms with Gasteiger partial charge in [0.2, 0.25) is 5.13 Å². The lowest BCUT2D eigenvalue weighted by molar-refractivity contribution is -0.118. The van der Waals surface area contributed by atoms with Gasteiger partial charge in [0.15, 0.2) is 10.9 Å². The summed E-state index contributed by atoms with van der Waals surface area (Å²) in [6.07, 6.45) is 1.05. The van der Waals surface area contributed by atoms with Crippen LogP contribution in [0.15, 0.2) is 37.8 Å². The van der Waals surface area contributed by atoms with Gasteiger partial charge in [-0.2, -0.15) is 0 Å². The number of nitrogens with one attached hydrogen (secondary N) is 1. The molecule has 0 bridgehead atoms. The van der Waals surface area contributed by atoms with Gasteiger partial charge in [-0.15, -0.1) is 10.2 Å². The standard InChI is InChI=1S/C17H17N3O4S2/c1-3-6-25-17-20-19-16(26-17)18-14(21)9-23-11-4-5-12-10(2)7-15(22)24-13(12)8-11/h4-5,7-8H,3,6,9H2,1-2H3,(H,18,19,21). The van der Waals surface area contributed by atoms with E-state index in [-0.39, 0.29) is 12.5 Å². The second-order valence-corrected chi connectivity index (χ2v) is 7.78. The van der Waals surface area contributed by atoms with Crippen LogP contribution in [0.25, 0.3) is 11.0 Å². The van der Waals surface area contributed by atoms with Gasteiger partial charge in [-0.1, -0.05) is 30.0 Å². The molecule has 0 aliphatic rings. The highest BCUT2D eigenvalue weighted by Crippen LogP contribution is 2.26. The summed E-state index contributed by atoms with van der Waals surface area (Å²) in [4.78, 5) is 23.5. The number of thioether (sulfide) groups is 1. The number of hydrogen-bond acceptors (Lipinski definition) is 8. The van der Waals surface area contributed by atoms with Crippen LogP contribution in [0.4, 0.5) is 5.13 Å². The SMILES string of the molecule is CCCSc1nnc(NC(=O)COc2ccc3c(C)cc(=O)oc3c2)s1. The average molecular weight is 391 g/mol. The van der Waals surface area contributed by atoms with Crippen LogP contribution in [0.2, 0.25) is 0 Å². The molecule has 9 heteroatoms. The molecule has 1 aromatic carbocycles. The Kier molecular flexibility index (Phi) is 5.89. The van der Waals surface area contributed by atoms with E-state index in [1.54, 1.807) is 30.0 Å². The van der Waals surface area contributed by atoms with Crippen molar-refractivity contribution in [3.63, 3.8) is 0 Å². The van der Waals surface area contributed by atoms with Crippen molar-refractivity contribution in [2.75, 3.05) is 17.7 Å². The van der Waals surface area contributed by atoms with Gasteiger partial charge >= 0.3 is 5.63 Å². The van der Waals surface area contributed by atoms with E-state index in [0.717, 1.165) is 27.5 Å². The second kappa shape index (κ2) is 8.33. The minimum Gasteiger partial charge on any atom is -0.484 e. The highest BCUT2D eigenvalue weighted by molar-refractivity contribution is 8.01. The average Bonchev–Trinajstić information content (AvgIpc) is 3.05. The fourth-order valence-corrected chi connectivity index (χ4v) is 3.90. The van der Waals surface area contributed by atoms with Crippen LogP contribution in [-0.4, -0.2) is 28.5 Å². The minimum atomic E-state index is -0.419. The van der Waals surface area contributed by atoms with Crippen LogP contribution >= 0.6 is 23.1 Å². The Morgan fingerprint density at radius 1 is 1.35 bits per heavy atom. The molecular formula is C17H17N3O4S2. The minimum absolute atomic E-state index is 0.182. The van der Waals surface area contributed by atoms with Crippen molar-refractivity contribution < 1.29 is 13.9 Å². The lowest BCUT2D eigenvalue weighted by Crippen LogP contribution is -2.20. The largest absolute Gasteiger partial charge is 0.484 e. The van der Waals surface area contributed by atoms with E-state index in [1.165, 1.54) is 17.4 Å². The summed E-state index contributed by atoms with van der Waals surface area (Å²) >= 11 is 2.94. The van der Waals surface area contributed by atoms with Crippen LogP contribution < -0.4 is 15.7 Å². The maximum absolute atomic E-state index is 12.0. The summed E-state index contributed by atoms with van der Waals surface area (Å²) in [5.74, 6) is 1.07. The van der Waals surface area contributed by atoms with Crippen molar-refractivity contribution in [3.8, 4) is 5.75 Å². The van der Waals surface area contributed by atoms with Crippen LogP contribution in [0.1, 0.15) is 18.9 Å². The second-order valence-electron chi connectivity index (χ2n) is 5.46. The molecule has 0 fully saturated rings. The van der Waals surface area contributed by atoms with Gasteiger partial charge in [0.25, 0.3) is 5.91 Å². The van der Waals surface area contributed by atoms with E-state index in [0.29, 0.717) is 16.5 Å². The first-order chi connectivity index (χ1) is 12.5. The van der Waals surface area contributed by atoms with E-state index < -0.39 is 5.63 Å². The van der Waals surface area contributed by atoms with Crippen molar-refractivity contribution in [1.82, 2.24) is 10.2 Å². The zero-order chi connectivity index (χ0) is 18.5. The highest BCUT2D eigenvalue weighted by atomic mass is 32.2. The third kappa shape index (κ3) is 4.61. The van der Waals surface area contributed by atoms with E-state index in [4.69, 9.17) is 9.15 Å². The van der Waals surface area contributed by atoms with Gasteiger partial charge in [-0.3, -0.25) is 10.1 Å². The number of ether oxygens (including phenoxy) is 1. The highest BCUT2D eigenvalue weighted by Gasteiger charge is 2.10. The first-order valence-electron chi connectivity index (χ1n) is 7.98. The molecule has 0 atom stereocenters. The maximum Gasteiger partial charge on any atom is 0.336 e. The Labute approximate surface area is 157 Å². The van der Waals surface area contributed by atoms with E-state index >= 15 is 0 Å². The summed E-state index contributed by atoms with van der Waals surface area (Å²) in [7, 11) is 0. The topological polar surface area (TPSA) is 94.3 Å². The Balaban J connectivity index is 1.59. The van der Waals surface area contributed by atoms with Gasteiger partial charge in [-0.25, -0.2) is 4.79 Å². The first kappa shape index (κ1) is 18.4. The molecule has 0 saturated carbocycles. The van der Waals surface area contributed by atoms with Crippen molar-refractivity contribution in [3.05, 3.63) is 40.2 Å². The maximum atomic E-state index is 12.0. The van der Waals surface area contributed by atoms with E-state index in [2.05, 4.69) is 22.4 Å². The molecule has 0 aliphatic carbocycles. The van der Waals surface area contributed by atoms with Gasteiger partial charge < -0.3 is 9.15 Å². The molecule has 0 unspecified atom stereocenters. The smallest absolute Gasteiger partial charge is 0.336 e. The molecule has 2 heterocycles. The summed E-state index contributed by atoms with van der Waals surface area (Å²) in [6.45, 7) is 3.74. The molecule has 0 radical (unpaired) electrons. The Bertz CT molecular complexity index is 984. The predicted octanol–water partition coefficient (Wildman–Crippen LogP) is 3.47. The molecule has 0 aliphatic heterocycles. The number of aromatic nitrogens is 2. The summed E-state index contributed by atoms with van der Waals surface area (Å²) in [5.41, 5.74) is 0.834. The number of nitrogens with zero attached hydrogens (tertiary/aromatic N) is 2. The van der Waals surface area contributed by atoms with E-state index in [9.17, 15) is 9.59 Å². The summed E-state index contributed by atoms with van der Waals surface area (Å²) in [5, 5.41) is 11.9. The molecule has 136 valence electrons. The summed E-state index contributed by atoms with van der Waals surface area (Å²) < 4.78 is 11.5. The van der Waals surface area contributed by atoms with Gasteiger partial charge in [0.05, 0.1) is 0 Å². The predicted molar refractivity (Wildman–Crippen MR) is 102 cm³/mol. The lowest BCUT2D eigenvalue weighted by atomic mass is 10.1. The number of carbonyl (C=O) groups excluding carboxylic acids is 1. The van der Waals surface area contributed by atoms with Crippen molar-refractivity contribution in [1.29, 1.82) is 0 Å². The van der Waals surface area contributed by atoms with Crippen molar-refractivity contribution >= 4 is 45.1 Å². The van der Waals surface area contributed by atoms with Crippen LogP contribution in [0.5, 0.6) is 5.75 Å². The summed E-state index contributed by atoms with van der Waals surface area (Å²) in [6, 6.07) is 6.56. The zero-order valence-electron chi connectivity index (χ0n) is 14.3. The number of rotatable bonds is 7. The van der Waals surface area contributed by atoms with Crippen LogP contribution in [0.3, 0.4) is 0 Å². The number of aryl methyl sites for hydroxylation is 1. The molecule has 3 rings (SSSR count). The molecule has 7 nitrogen and oxygen atoms in total. The molecule has 2 aromatic heterocycles. The van der Waals surface area contributed by atoms with Gasteiger partial charge in [0.1, 0.15) is 11.3 Å². The molecule has 0 saturated heterocycles.